The molecular weight excluding hydrogens is 350 g/mol. The second-order valence-corrected chi connectivity index (χ2v) is 6.47. The summed E-state index contributed by atoms with van der Waals surface area (Å²) >= 11 is 5.91. The monoisotopic (exact) mass is 371 g/mol. The van der Waals surface area contributed by atoms with Gasteiger partial charge >= 0.3 is 5.97 Å². The molecule has 0 aliphatic heterocycles. The molecule has 0 aliphatic carbocycles. The molecule has 5 heteroatoms. The summed E-state index contributed by atoms with van der Waals surface area (Å²) in [6.45, 7) is 5.09. The van der Waals surface area contributed by atoms with Gasteiger partial charge in [0.15, 0.2) is 0 Å². The molecule has 0 fully saturated rings. The second-order valence-electron chi connectivity index (χ2n) is 6.03. The van der Waals surface area contributed by atoms with Crippen LogP contribution in [0.1, 0.15) is 37.2 Å². The summed E-state index contributed by atoms with van der Waals surface area (Å²) in [5, 5.41) is 1.62. The van der Waals surface area contributed by atoms with Crippen molar-refractivity contribution in [3.63, 3.8) is 0 Å². The molecule has 4 nitrogen and oxygen atoms in total. The number of fused-ring (bicyclic) bond motifs is 1. The van der Waals surface area contributed by atoms with Crippen molar-refractivity contribution in [1.82, 2.24) is 4.57 Å². The van der Waals surface area contributed by atoms with Crippen LogP contribution < -0.4 is 4.74 Å². The number of nitrogens with zero attached hydrogens (tertiary/aromatic N) is 1. The summed E-state index contributed by atoms with van der Waals surface area (Å²) < 4.78 is 13.1. The van der Waals surface area contributed by atoms with Crippen molar-refractivity contribution >= 4 is 28.5 Å². The van der Waals surface area contributed by atoms with Crippen molar-refractivity contribution in [2.75, 3.05) is 6.61 Å². The molecule has 2 aromatic carbocycles. The van der Waals surface area contributed by atoms with E-state index in [1.165, 1.54) is 0 Å². The normalized spacial score (nSPS) is 10.9. The van der Waals surface area contributed by atoms with Gasteiger partial charge < -0.3 is 14.0 Å². The lowest BCUT2D eigenvalue weighted by molar-refractivity contribution is 0.0514. The molecule has 3 aromatic rings. The Labute approximate surface area is 158 Å². The van der Waals surface area contributed by atoms with Crippen LogP contribution in [0, 0.1) is 0 Å². The van der Waals surface area contributed by atoms with Crippen LogP contribution in [0.15, 0.2) is 48.5 Å². The SMILES string of the molecule is CCCCn1c(C(=O)OCC)cc2cc(Oc3ccc(Cl)cc3)ccc21. The van der Waals surface area contributed by atoms with Gasteiger partial charge in [-0.05, 0) is 61.9 Å². The minimum Gasteiger partial charge on any atom is -0.461 e. The molecule has 3 rings (SSSR count). The number of aromatic nitrogens is 1. The number of esters is 1. The van der Waals surface area contributed by atoms with Gasteiger partial charge in [-0.25, -0.2) is 4.79 Å². The number of carbonyl (C=O) groups is 1. The smallest absolute Gasteiger partial charge is 0.354 e. The maximum Gasteiger partial charge on any atom is 0.354 e. The van der Waals surface area contributed by atoms with Crippen molar-refractivity contribution in [3.05, 3.63) is 59.2 Å². The molecule has 0 amide bonds. The van der Waals surface area contributed by atoms with Crippen LogP contribution in [-0.4, -0.2) is 17.1 Å². The van der Waals surface area contributed by atoms with E-state index in [-0.39, 0.29) is 5.97 Å². The van der Waals surface area contributed by atoms with Crippen LogP contribution in [0.4, 0.5) is 0 Å². The number of hydrogen-bond acceptors (Lipinski definition) is 3. The zero-order valence-electron chi connectivity index (χ0n) is 15.0. The van der Waals surface area contributed by atoms with Gasteiger partial charge in [-0.1, -0.05) is 24.9 Å². The largest absolute Gasteiger partial charge is 0.461 e. The lowest BCUT2D eigenvalue weighted by Crippen LogP contribution is -2.12. The topological polar surface area (TPSA) is 40.5 Å². The molecule has 1 heterocycles. The number of aryl methyl sites for hydroxylation is 1. The van der Waals surface area contributed by atoms with E-state index >= 15 is 0 Å². The number of ether oxygens (including phenoxy) is 2. The number of carbonyl (C=O) groups excluding carboxylic acids is 1. The predicted octanol–water partition coefficient (Wildman–Crippen LogP) is 6.06. The lowest BCUT2D eigenvalue weighted by atomic mass is 10.2. The van der Waals surface area contributed by atoms with Crippen molar-refractivity contribution in [2.24, 2.45) is 0 Å². The van der Waals surface area contributed by atoms with Gasteiger partial charge in [0.2, 0.25) is 0 Å². The standard InChI is InChI=1S/C21H22ClNO3/c1-3-5-12-23-19-11-10-18(26-17-8-6-16(22)7-9-17)13-15(19)14-20(23)21(24)25-4-2/h6-11,13-14H,3-5,12H2,1-2H3. The summed E-state index contributed by atoms with van der Waals surface area (Å²) in [6, 6.07) is 14.9. The third-order valence-electron chi connectivity index (χ3n) is 4.14. The predicted molar refractivity (Wildman–Crippen MR) is 104 cm³/mol. The minimum atomic E-state index is -0.292. The van der Waals surface area contributed by atoms with Gasteiger partial charge in [0.25, 0.3) is 0 Å². The highest BCUT2D eigenvalue weighted by molar-refractivity contribution is 6.30. The fourth-order valence-corrected chi connectivity index (χ4v) is 3.01. The molecule has 26 heavy (non-hydrogen) atoms. The first-order valence-corrected chi connectivity index (χ1v) is 9.24. The molecule has 136 valence electrons. The van der Waals surface area contributed by atoms with Gasteiger partial charge in [-0.3, -0.25) is 0 Å². The number of halogens is 1. The van der Waals surface area contributed by atoms with E-state index in [1.54, 1.807) is 12.1 Å². The summed E-state index contributed by atoms with van der Waals surface area (Å²) in [7, 11) is 0. The Morgan fingerprint density at radius 2 is 1.77 bits per heavy atom. The van der Waals surface area contributed by atoms with Crippen LogP contribution in [0.25, 0.3) is 10.9 Å². The van der Waals surface area contributed by atoms with Gasteiger partial charge in [-0.2, -0.15) is 0 Å². The molecular formula is C21H22ClNO3. The summed E-state index contributed by atoms with van der Waals surface area (Å²) in [5.74, 6) is 1.13. The van der Waals surface area contributed by atoms with Gasteiger partial charge in [0.05, 0.1) is 6.61 Å². The average Bonchev–Trinajstić information content (AvgIpc) is 3.00. The minimum absolute atomic E-state index is 0.292. The number of benzene rings is 2. The zero-order valence-corrected chi connectivity index (χ0v) is 15.8. The molecule has 0 spiro atoms. The number of unbranched alkanes of at least 4 members (excludes halogenated alkanes) is 1. The summed E-state index contributed by atoms with van der Waals surface area (Å²) in [5.41, 5.74) is 1.59. The van der Waals surface area contributed by atoms with Crippen LogP contribution in [0.3, 0.4) is 0 Å². The molecule has 1 aromatic heterocycles. The maximum atomic E-state index is 12.3. The first kappa shape index (κ1) is 18.3. The highest BCUT2D eigenvalue weighted by atomic mass is 35.5. The quantitative estimate of drug-likeness (QED) is 0.473. The van der Waals surface area contributed by atoms with Crippen molar-refractivity contribution < 1.29 is 14.3 Å². The van der Waals surface area contributed by atoms with Crippen LogP contribution >= 0.6 is 11.6 Å². The van der Waals surface area contributed by atoms with Gasteiger partial charge in [0, 0.05) is 22.5 Å². The van der Waals surface area contributed by atoms with Crippen molar-refractivity contribution in [1.29, 1.82) is 0 Å². The molecule has 0 radical (unpaired) electrons. The highest BCUT2D eigenvalue weighted by Gasteiger charge is 2.17. The second kappa shape index (κ2) is 8.28. The van der Waals surface area contributed by atoms with Crippen LogP contribution in [0.2, 0.25) is 5.02 Å². The van der Waals surface area contributed by atoms with E-state index in [2.05, 4.69) is 6.92 Å². The van der Waals surface area contributed by atoms with Gasteiger partial charge in [0.1, 0.15) is 17.2 Å². The average molecular weight is 372 g/mol. The van der Waals surface area contributed by atoms with E-state index in [4.69, 9.17) is 21.1 Å². The van der Waals surface area contributed by atoms with E-state index in [0.29, 0.717) is 28.8 Å². The van der Waals surface area contributed by atoms with E-state index in [1.807, 2.05) is 47.9 Å². The fourth-order valence-electron chi connectivity index (χ4n) is 2.88. The van der Waals surface area contributed by atoms with E-state index in [9.17, 15) is 4.79 Å². The third-order valence-corrected chi connectivity index (χ3v) is 4.39. The molecule has 0 unspecified atom stereocenters. The van der Waals surface area contributed by atoms with Crippen LogP contribution in [-0.2, 0) is 11.3 Å². The van der Waals surface area contributed by atoms with Gasteiger partial charge in [-0.15, -0.1) is 0 Å². The number of rotatable bonds is 7. The fraction of sp³-hybridized carbons (Fsp3) is 0.286. The number of hydrogen-bond donors (Lipinski definition) is 0. The lowest BCUT2D eigenvalue weighted by Gasteiger charge is -2.10. The summed E-state index contributed by atoms with van der Waals surface area (Å²) in [6.07, 6.45) is 2.05. The Morgan fingerprint density at radius 1 is 1.04 bits per heavy atom. The maximum absolute atomic E-state index is 12.3. The molecule has 0 saturated carbocycles. The molecule has 0 bridgehead atoms. The van der Waals surface area contributed by atoms with Crippen LogP contribution in [0.5, 0.6) is 11.5 Å². The third kappa shape index (κ3) is 4.02. The summed E-state index contributed by atoms with van der Waals surface area (Å²) in [4.78, 5) is 12.3. The Hall–Kier alpha value is -2.46. The Balaban J connectivity index is 1.95. The molecule has 0 aliphatic rings. The molecule has 0 N–H and O–H groups in total. The first-order chi connectivity index (χ1) is 12.6. The van der Waals surface area contributed by atoms with Crippen molar-refractivity contribution in [3.8, 4) is 11.5 Å². The van der Waals surface area contributed by atoms with Crippen molar-refractivity contribution in [2.45, 2.75) is 33.2 Å². The highest BCUT2D eigenvalue weighted by Crippen LogP contribution is 2.29. The van der Waals surface area contributed by atoms with E-state index in [0.717, 1.165) is 30.3 Å². The zero-order chi connectivity index (χ0) is 18.5. The molecule has 0 atom stereocenters. The Morgan fingerprint density at radius 3 is 2.46 bits per heavy atom. The Bertz CT molecular complexity index is 900. The first-order valence-electron chi connectivity index (χ1n) is 8.86. The Kier molecular flexibility index (Phi) is 5.84. The van der Waals surface area contributed by atoms with E-state index < -0.39 is 0 Å². The molecule has 0 saturated heterocycles.